The highest BCUT2D eigenvalue weighted by Gasteiger charge is 2.36. The minimum Gasteiger partial charge on any atom is -0.399 e. The number of hydrogen-bond donors (Lipinski definition) is 1. The number of nitrogens with zero attached hydrogens (tertiary/aromatic N) is 2. The lowest BCUT2D eigenvalue weighted by Crippen LogP contribution is -2.40. The van der Waals surface area contributed by atoms with Gasteiger partial charge in [-0.1, -0.05) is 6.92 Å². The monoisotopic (exact) mass is 387 g/mol. The number of hydrogen-bond acceptors (Lipinski definition) is 5. The van der Waals surface area contributed by atoms with E-state index in [0.717, 1.165) is 25.7 Å². The molecule has 1 unspecified atom stereocenters. The summed E-state index contributed by atoms with van der Waals surface area (Å²) in [6.45, 7) is 3.66. The molecule has 2 N–H and O–H groups in total. The second kappa shape index (κ2) is 6.86. The van der Waals surface area contributed by atoms with Gasteiger partial charge in [0, 0.05) is 31.9 Å². The summed E-state index contributed by atoms with van der Waals surface area (Å²) in [5.41, 5.74) is 6.01. The minimum atomic E-state index is -3.88. The van der Waals surface area contributed by atoms with Crippen LogP contribution in [-0.4, -0.2) is 51.6 Å². The molecule has 2 aliphatic heterocycles. The third-order valence-corrected chi connectivity index (χ3v) is 8.88. The summed E-state index contributed by atoms with van der Waals surface area (Å²) < 4.78 is 55.0. The normalized spacial score (nSPS) is 23.8. The largest absolute Gasteiger partial charge is 0.399 e. The van der Waals surface area contributed by atoms with Crippen LogP contribution in [0.1, 0.15) is 32.6 Å². The summed E-state index contributed by atoms with van der Waals surface area (Å²) in [6.07, 6.45) is 3.33. The first kappa shape index (κ1) is 18.6. The highest BCUT2D eigenvalue weighted by molar-refractivity contribution is 7.92. The highest BCUT2D eigenvalue weighted by Crippen LogP contribution is 2.32. The molecular formula is C16H25N3O4S2. The number of anilines is 1. The van der Waals surface area contributed by atoms with Gasteiger partial charge in [0.1, 0.15) is 9.79 Å². The van der Waals surface area contributed by atoms with Crippen LogP contribution < -0.4 is 5.73 Å². The number of nitrogens with two attached hydrogens (primary N) is 1. The second-order valence-electron chi connectivity index (χ2n) is 6.93. The summed E-state index contributed by atoms with van der Waals surface area (Å²) in [5, 5.41) is 0. The Morgan fingerprint density at radius 2 is 1.52 bits per heavy atom. The van der Waals surface area contributed by atoms with Crippen molar-refractivity contribution in [2.45, 2.75) is 42.4 Å². The van der Waals surface area contributed by atoms with Gasteiger partial charge in [-0.05, 0) is 49.8 Å². The van der Waals surface area contributed by atoms with Gasteiger partial charge in [0.05, 0.1) is 0 Å². The van der Waals surface area contributed by atoms with E-state index in [1.807, 2.05) is 6.92 Å². The Hall–Kier alpha value is -1.16. The van der Waals surface area contributed by atoms with Crippen LogP contribution >= 0.6 is 0 Å². The lowest BCUT2D eigenvalue weighted by atomic mass is 10.0. The molecule has 0 aromatic heterocycles. The van der Waals surface area contributed by atoms with Gasteiger partial charge < -0.3 is 5.73 Å². The predicted octanol–water partition coefficient (Wildman–Crippen LogP) is 1.47. The SMILES string of the molecule is CC1CCCN(S(=O)(=O)c2ccc(N)cc2S(=O)(=O)N2CCCC2)C1. The van der Waals surface area contributed by atoms with Crippen molar-refractivity contribution in [2.24, 2.45) is 5.92 Å². The van der Waals surface area contributed by atoms with Crippen LogP contribution in [0.3, 0.4) is 0 Å². The van der Waals surface area contributed by atoms with E-state index in [9.17, 15) is 16.8 Å². The number of piperidine rings is 1. The summed E-state index contributed by atoms with van der Waals surface area (Å²) >= 11 is 0. The van der Waals surface area contributed by atoms with Crippen molar-refractivity contribution < 1.29 is 16.8 Å². The molecule has 0 bridgehead atoms. The van der Waals surface area contributed by atoms with E-state index in [1.54, 1.807) is 0 Å². The molecule has 0 amide bonds. The molecule has 3 rings (SSSR count). The summed E-state index contributed by atoms with van der Waals surface area (Å²) in [5.74, 6) is 0.260. The van der Waals surface area contributed by atoms with E-state index in [1.165, 1.54) is 26.8 Å². The van der Waals surface area contributed by atoms with Crippen molar-refractivity contribution in [3.05, 3.63) is 18.2 Å². The summed E-state index contributed by atoms with van der Waals surface area (Å²) in [6, 6.07) is 4.05. The third kappa shape index (κ3) is 3.55. The first-order chi connectivity index (χ1) is 11.7. The molecular weight excluding hydrogens is 362 g/mol. The number of benzene rings is 1. The van der Waals surface area contributed by atoms with Gasteiger partial charge in [0.15, 0.2) is 0 Å². The van der Waals surface area contributed by atoms with Crippen molar-refractivity contribution >= 4 is 25.7 Å². The predicted molar refractivity (Wildman–Crippen MR) is 96.0 cm³/mol. The first-order valence-corrected chi connectivity index (χ1v) is 11.5. The fourth-order valence-corrected chi connectivity index (χ4v) is 7.42. The fourth-order valence-electron chi connectivity index (χ4n) is 3.51. The van der Waals surface area contributed by atoms with Crippen molar-refractivity contribution in [3.63, 3.8) is 0 Å². The summed E-state index contributed by atoms with van der Waals surface area (Å²) in [7, 11) is -7.76. The molecule has 1 aromatic rings. The molecule has 2 aliphatic rings. The molecule has 0 aliphatic carbocycles. The first-order valence-electron chi connectivity index (χ1n) is 8.63. The van der Waals surface area contributed by atoms with Gasteiger partial charge in [-0.3, -0.25) is 0 Å². The van der Waals surface area contributed by atoms with Gasteiger partial charge in [0.25, 0.3) is 0 Å². The standard InChI is InChI=1S/C16H25N3O4S2/c1-13-5-4-10-19(12-13)24(20,21)15-7-6-14(17)11-16(15)25(22,23)18-8-2-3-9-18/h6-7,11,13H,2-5,8-10,12,17H2,1H3. The Labute approximate surface area is 149 Å². The Bertz CT molecular complexity index is 846. The molecule has 140 valence electrons. The molecule has 2 saturated heterocycles. The average Bonchev–Trinajstić information content (AvgIpc) is 3.10. The van der Waals surface area contributed by atoms with E-state index >= 15 is 0 Å². The maximum atomic E-state index is 13.1. The molecule has 0 radical (unpaired) electrons. The van der Waals surface area contributed by atoms with Crippen LogP contribution in [0.4, 0.5) is 5.69 Å². The van der Waals surface area contributed by atoms with Crippen LogP contribution in [0, 0.1) is 5.92 Å². The Morgan fingerprint density at radius 1 is 0.920 bits per heavy atom. The molecule has 25 heavy (non-hydrogen) atoms. The van der Waals surface area contributed by atoms with E-state index in [0.29, 0.717) is 26.2 Å². The van der Waals surface area contributed by atoms with Crippen LogP contribution in [0.15, 0.2) is 28.0 Å². The zero-order valence-corrected chi connectivity index (χ0v) is 16.0. The molecule has 9 heteroatoms. The minimum absolute atomic E-state index is 0.164. The lowest BCUT2D eigenvalue weighted by molar-refractivity contribution is 0.281. The summed E-state index contributed by atoms with van der Waals surface area (Å²) in [4.78, 5) is -0.365. The Kier molecular flexibility index (Phi) is 5.11. The van der Waals surface area contributed by atoms with Gasteiger partial charge in [-0.2, -0.15) is 8.61 Å². The molecule has 0 saturated carbocycles. The van der Waals surface area contributed by atoms with Crippen molar-refractivity contribution in [2.75, 3.05) is 31.9 Å². The average molecular weight is 388 g/mol. The topological polar surface area (TPSA) is 101 Å². The Balaban J connectivity index is 2.08. The zero-order valence-electron chi connectivity index (χ0n) is 14.4. The van der Waals surface area contributed by atoms with E-state index < -0.39 is 20.0 Å². The Morgan fingerprint density at radius 3 is 2.16 bits per heavy atom. The van der Waals surface area contributed by atoms with Gasteiger partial charge in [-0.15, -0.1) is 0 Å². The smallest absolute Gasteiger partial charge is 0.244 e. The number of sulfonamides is 2. The quantitative estimate of drug-likeness (QED) is 0.789. The van der Waals surface area contributed by atoms with Crippen molar-refractivity contribution in [1.29, 1.82) is 0 Å². The second-order valence-corrected chi connectivity index (χ2v) is 10.7. The highest BCUT2D eigenvalue weighted by atomic mass is 32.2. The molecule has 0 spiro atoms. The number of rotatable bonds is 4. The molecule has 2 heterocycles. The van der Waals surface area contributed by atoms with Crippen molar-refractivity contribution in [1.82, 2.24) is 8.61 Å². The van der Waals surface area contributed by atoms with Gasteiger partial charge >= 0.3 is 0 Å². The molecule has 1 atom stereocenters. The molecule has 1 aromatic carbocycles. The van der Waals surface area contributed by atoms with Crippen LogP contribution in [0.25, 0.3) is 0 Å². The fraction of sp³-hybridized carbons (Fsp3) is 0.625. The van der Waals surface area contributed by atoms with Crippen molar-refractivity contribution in [3.8, 4) is 0 Å². The van der Waals surface area contributed by atoms with E-state index in [2.05, 4.69) is 0 Å². The zero-order chi connectivity index (χ0) is 18.2. The molecule has 2 fully saturated rings. The number of nitrogen functional groups attached to an aromatic ring is 1. The third-order valence-electron chi connectivity index (χ3n) is 4.89. The van der Waals surface area contributed by atoms with Gasteiger partial charge in [-0.25, -0.2) is 16.8 Å². The molecule has 7 nitrogen and oxygen atoms in total. The van der Waals surface area contributed by atoms with Crippen LogP contribution in [-0.2, 0) is 20.0 Å². The maximum absolute atomic E-state index is 13.1. The lowest BCUT2D eigenvalue weighted by Gasteiger charge is -2.31. The van der Waals surface area contributed by atoms with E-state index in [-0.39, 0.29) is 21.4 Å². The van der Waals surface area contributed by atoms with Crippen LogP contribution in [0.5, 0.6) is 0 Å². The van der Waals surface area contributed by atoms with Crippen LogP contribution in [0.2, 0.25) is 0 Å². The van der Waals surface area contributed by atoms with Gasteiger partial charge in [0.2, 0.25) is 20.0 Å². The van der Waals surface area contributed by atoms with E-state index in [4.69, 9.17) is 5.73 Å². The maximum Gasteiger partial charge on any atom is 0.244 e.